The summed E-state index contributed by atoms with van der Waals surface area (Å²) in [6.07, 6.45) is 0. The van der Waals surface area contributed by atoms with Crippen LogP contribution in [0.1, 0.15) is 33.9 Å². The summed E-state index contributed by atoms with van der Waals surface area (Å²) in [5.41, 5.74) is 3.34. The van der Waals surface area contributed by atoms with E-state index in [1.807, 2.05) is 85.8 Å². The van der Waals surface area contributed by atoms with E-state index < -0.39 is 17.7 Å². The number of amides is 1. The molecule has 2 aromatic carbocycles. The van der Waals surface area contributed by atoms with Crippen molar-refractivity contribution in [3.8, 4) is 5.75 Å². The second-order valence-electron chi connectivity index (χ2n) is 9.03. The molecule has 1 unspecified atom stereocenters. The molecule has 1 N–H and O–H groups in total. The van der Waals surface area contributed by atoms with E-state index in [-0.39, 0.29) is 11.4 Å². The number of aliphatic hydroxyl groups is 1. The summed E-state index contributed by atoms with van der Waals surface area (Å²) in [6.45, 7) is 5.27. The van der Waals surface area contributed by atoms with Gasteiger partial charge in [0.25, 0.3) is 5.91 Å². The smallest absolute Gasteiger partial charge is 0.290 e. The van der Waals surface area contributed by atoms with Crippen LogP contribution in [-0.2, 0) is 4.79 Å². The average molecular weight is 505 g/mol. The molecule has 1 atom stereocenters. The van der Waals surface area contributed by atoms with E-state index in [1.54, 1.807) is 4.90 Å². The van der Waals surface area contributed by atoms with Gasteiger partial charge in [0.2, 0.25) is 5.78 Å². The number of carbonyl (C=O) groups excluding carboxylic acids is 2. The van der Waals surface area contributed by atoms with Gasteiger partial charge in [0, 0.05) is 18.8 Å². The molecule has 0 saturated carbocycles. The van der Waals surface area contributed by atoms with E-state index >= 15 is 0 Å². The Hall–Kier alpha value is -3.69. The molecule has 0 fully saturated rings. The standard InChI is InChI=1S/C27H28N4O4S/c1-5-35-18-12-10-17(11-13-18)22-21(24(33)26(34)30(22)15-14-29(3)4)23(32)25-16(2)31-20-9-7-6-8-19(20)28-27(31)36-25/h6-13,22,33H,5,14-15H2,1-4H3. The van der Waals surface area contributed by atoms with Crippen molar-refractivity contribution in [2.75, 3.05) is 33.8 Å². The predicted octanol–water partition coefficient (Wildman–Crippen LogP) is 4.40. The van der Waals surface area contributed by atoms with Crippen LogP contribution in [0.4, 0.5) is 0 Å². The highest BCUT2D eigenvalue weighted by molar-refractivity contribution is 7.19. The number of thiazole rings is 1. The zero-order valence-electron chi connectivity index (χ0n) is 20.7. The van der Waals surface area contributed by atoms with Crippen LogP contribution in [0.5, 0.6) is 5.75 Å². The van der Waals surface area contributed by atoms with Crippen LogP contribution < -0.4 is 4.74 Å². The Morgan fingerprint density at radius 3 is 2.58 bits per heavy atom. The number of fused-ring (bicyclic) bond motifs is 3. The molecule has 1 aliphatic heterocycles. The van der Waals surface area contributed by atoms with Crippen molar-refractivity contribution < 1.29 is 19.4 Å². The van der Waals surface area contributed by atoms with Gasteiger partial charge in [-0.25, -0.2) is 4.98 Å². The lowest BCUT2D eigenvalue weighted by Gasteiger charge is -2.28. The molecule has 8 nitrogen and oxygen atoms in total. The SMILES string of the molecule is CCOc1ccc(C2C(C(=O)c3sc4nc5ccccc5n4c3C)=C(O)C(=O)N2CCN(C)C)cc1. The van der Waals surface area contributed by atoms with Crippen LogP contribution in [0.3, 0.4) is 0 Å². The molecule has 0 spiro atoms. The van der Waals surface area contributed by atoms with Gasteiger partial charge in [0.1, 0.15) is 5.75 Å². The number of imidazole rings is 1. The lowest BCUT2D eigenvalue weighted by atomic mass is 9.95. The van der Waals surface area contributed by atoms with Gasteiger partial charge in [-0.1, -0.05) is 35.6 Å². The number of para-hydroxylation sites is 2. The van der Waals surface area contributed by atoms with Crippen molar-refractivity contribution in [1.29, 1.82) is 0 Å². The largest absolute Gasteiger partial charge is 0.503 e. The van der Waals surface area contributed by atoms with Crippen molar-refractivity contribution >= 4 is 39.0 Å². The van der Waals surface area contributed by atoms with Gasteiger partial charge in [0.15, 0.2) is 10.7 Å². The van der Waals surface area contributed by atoms with Crippen molar-refractivity contribution in [2.24, 2.45) is 0 Å². The van der Waals surface area contributed by atoms with Gasteiger partial charge < -0.3 is 19.6 Å². The fraction of sp³-hybridized carbons (Fsp3) is 0.296. The summed E-state index contributed by atoms with van der Waals surface area (Å²) in [6, 6.07) is 14.4. The first-order valence-corrected chi connectivity index (χ1v) is 12.7. The normalized spacial score (nSPS) is 16.2. The number of aromatic nitrogens is 2. The minimum absolute atomic E-state index is 0.0971. The Kier molecular flexibility index (Phi) is 6.27. The molecule has 186 valence electrons. The van der Waals surface area contributed by atoms with Crippen molar-refractivity contribution in [1.82, 2.24) is 19.2 Å². The number of hydrogen-bond acceptors (Lipinski definition) is 7. The molecule has 9 heteroatoms. The Labute approximate surface area is 213 Å². The van der Waals surface area contributed by atoms with E-state index in [2.05, 4.69) is 4.98 Å². The number of benzene rings is 2. The highest BCUT2D eigenvalue weighted by Gasteiger charge is 2.44. The second kappa shape index (κ2) is 9.40. The Bertz CT molecular complexity index is 1500. The minimum atomic E-state index is -0.703. The van der Waals surface area contributed by atoms with Gasteiger partial charge >= 0.3 is 0 Å². The Morgan fingerprint density at radius 2 is 1.89 bits per heavy atom. The molecule has 0 radical (unpaired) electrons. The molecule has 4 aromatic rings. The fourth-order valence-corrected chi connectivity index (χ4v) is 5.77. The van der Waals surface area contributed by atoms with E-state index in [0.29, 0.717) is 35.3 Å². The maximum absolute atomic E-state index is 14.0. The van der Waals surface area contributed by atoms with Crippen LogP contribution in [-0.4, -0.2) is 69.8 Å². The third-order valence-corrected chi connectivity index (χ3v) is 7.58. The molecule has 5 rings (SSSR count). The first kappa shape index (κ1) is 24.0. The molecule has 3 heterocycles. The Morgan fingerprint density at radius 1 is 1.17 bits per heavy atom. The first-order chi connectivity index (χ1) is 17.3. The molecule has 0 aliphatic carbocycles. The maximum atomic E-state index is 14.0. The van der Waals surface area contributed by atoms with E-state index in [9.17, 15) is 14.7 Å². The molecule has 36 heavy (non-hydrogen) atoms. The zero-order chi connectivity index (χ0) is 25.6. The molecule has 1 aliphatic rings. The number of rotatable bonds is 8. The second-order valence-corrected chi connectivity index (χ2v) is 10.0. The van der Waals surface area contributed by atoms with Crippen molar-refractivity contribution in [3.63, 3.8) is 0 Å². The molecular formula is C27H28N4O4S. The summed E-state index contributed by atoms with van der Waals surface area (Å²) >= 11 is 1.27. The monoisotopic (exact) mass is 504 g/mol. The lowest BCUT2D eigenvalue weighted by Crippen LogP contribution is -2.36. The van der Waals surface area contributed by atoms with Gasteiger partial charge in [0.05, 0.1) is 34.1 Å². The van der Waals surface area contributed by atoms with Gasteiger partial charge in [-0.05, 0) is 57.8 Å². The highest BCUT2D eigenvalue weighted by atomic mass is 32.1. The third kappa shape index (κ3) is 3.94. The highest BCUT2D eigenvalue weighted by Crippen LogP contribution is 2.41. The van der Waals surface area contributed by atoms with Crippen LogP contribution in [0.25, 0.3) is 16.0 Å². The average Bonchev–Trinajstić information content (AvgIpc) is 3.47. The number of carbonyl (C=O) groups is 2. The first-order valence-electron chi connectivity index (χ1n) is 11.8. The van der Waals surface area contributed by atoms with Crippen LogP contribution in [0.15, 0.2) is 59.9 Å². The number of aliphatic hydroxyl groups excluding tert-OH is 1. The van der Waals surface area contributed by atoms with Gasteiger partial charge in [-0.3, -0.25) is 14.0 Å². The summed E-state index contributed by atoms with van der Waals surface area (Å²) in [7, 11) is 3.84. The molecule has 2 aromatic heterocycles. The predicted molar refractivity (Wildman–Crippen MR) is 140 cm³/mol. The van der Waals surface area contributed by atoms with E-state index in [4.69, 9.17) is 4.74 Å². The number of ether oxygens (including phenoxy) is 1. The summed E-state index contributed by atoms with van der Waals surface area (Å²) in [5, 5.41) is 11.0. The lowest BCUT2D eigenvalue weighted by molar-refractivity contribution is -0.129. The number of hydrogen-bond donors (Lipinski definition) is 1. The zero-order valence-corrected chi connectivity index (χ0v) is 21.5. The molecule has 0 bridgehead atoms. The van der Waals surface area contributed by atoms with Crippen LogP contribution in [0, 0.1) is 6.92 Å². The van der Waals surface area contributed by atoms with Crippen LogP contribution >= 0.6 is 11.3 Å². The summed E-state index contributed by atoms with van der Waals surface area (Å²) < 4.78 is 7.52. The van der Waals surface area contributed by atoms with Crippen molar-refractivity contribution in [3.05, 3.63) is 76.0 Å². The fourth-order valence-electron chi connectivity index (χ4n) is 4.68. The number of likely N-dealkylation sites (N-methyl/N-ethyl adjacent to an activating group) is 1. The summed E-state index contributed by atoms with van der Waals surface area (Å²) in [4.78, 5) is 36.6. The maximum Gasteiger partial charge on any atom is 0.290 e. The topological polar surface area (TPSA) is 87.4 Å². The number of nitrogens with zero attached hydrogens (tertiary/aromatic N) is 4. The van der Waals surface area contributed by atoms with Gasteiger partial charge in [-0.15, -0.1) is 0 Å². The third-order valence-electron chi connectivity index (χ3n) is 6.44. The van der Waals surface area contributed by atoms with Crippen LogP contribution in [0.2, 0.25) is 0 Å². The minimum Gasteiger partial charge on any atom is -0.503 e. The number of ketones is 1. The van der Waals surface area contributed by atoms with Crippen molar-refractivity contribution in [2.45, 2.75) is 19.9 Å². The van der Waals surface area contributed by atoms with E-state index in [0.717, 1.165) is 22.3 Å². The molecule has 0 saturated heterocycles. The number of aryl methyl sites for hydroxylation is 1. The summed E-state index contributed by atoms with van der Waals surface area (Å²) in [5.74, 6) is -0.686. The quantitative estimate of drug-likeness (QED) is 0.358. The molecular weight excluding hydrogens is 476 g/mol. The Balaban J connectivity index is 1.60. The molecule has 1 amide bonds. The van der Waals surface area contributed by atoms with E-state index in [1.165, 1.54) is 11.3 Å². The van der Waals surface area contributed by atoms with Gasteiger partial charge in [-0.2, -0.15) is 0 Å². The number of Topliss-reactive ketones (excluding diaryl/α,β-unsaturated/α-hetero) is 1.